The fourth-order valence-corrected chi connectivity index (χ4v) is 3.25. The maximum Gasteiger partial charge on any atom is 0.416 e. The number of aromatic nitrogens is 1. The summed E-state index contributed by atoms with van der Waals surface area (Å²) in [6.07, 6.45) is -2.02. The van der Waals surface area contributed by atoms with Crippen molar-refractivity contribution in [2.24, 2.45) is 5.92 Å². The highest BCUT2D eigenvalue weighted by molar-refractivity contribution is 6.30. The largest absolute Gasteiger partial charge is 0.416 e. The Labute approximate surface area is 164 Å². The molecule has 2 heterocycles. The van der Waals surface area contributed by atoms with Crippen molar-refractivity contribution >= 4 is 29.0 Å². The molecule has 1 aliphatic rings. The lowest BCUT2D eigenvalue weighted by molar-refractivity contribution is -0.137. The van der Waals surface area contributed by atoms with Crippen LogP contribution < -0.4 is 10.2 Å². The van der Waals surface area contributed by atoms with Gasteiger partial charge < -0.3 is 10.2 Å². The Morgan fingerprint density at radius 1 is 1.25 bits per heavy atom. The molecule has 28 heavy (non-hydrogen) atoms. The van der Waals surface area contributed by atoms with E-state index >= 15 is 0 Å². The number of hydrogen-bond acceptors (Lipinski definition) is 4. The fraction of sp³-hybridized carbons (Fsp3) is 0.316. The molecule has 0 unspecified atom stereocenters. The lowest BCUT2D eigenvalue weighted by atomic mass is 9.94. The second-order valence-electron chi connectivity index (χ2n) is 6.45. The highest BCUT2D eigenvalue weighted by Gasteiger charge is 2.32. The maximum atomic E-state index is 12.8. The third kappa shape index (κ3) is 4.54. The normalized spacial score (nSPS) is 15.2. The van der Waals surface area contributed by atoms with Crippen molar-refractivity contribution in [2.75, 3.05) is 23.3 Å². The van der Waals surface area contributed by atoms with E-state index in [4.69, 9.17) is 11.6 Å². The first-order valence-corrected chi connectivity index (χ1v) is 8.94. The van der Waals surface area contributed by atoms with Crippen LogP contribution >= 0.6 is 11.6 Å². The monoisotopic (exact) mass is 408 g/mol. The summed E-state index contributed by atoms with van der Waals surface area (Å²) in [6, 6.07) is 8.22. The zero-order valence-electron chi connectivity index (χ0n) is 14.6. The van der Waals surface area contributed by atoms with Gasteiger partial charge in [0, 0.05) is 25.2 Å². The minimum atomic E-state index is -4.50. The van der Waals surface area contributed by atoms with Crippen LogP contribution in [0.5, 0.6) is 0 Å². The number of nitrogens with one attached hydrogen (secondary N) is 1. The third-order valence-corrected chi connectivity index (χ3v) is 4.85. The van der Waals surface area contributed by atoms with Crippen LogP contribution in [0.1, 0.15) is 24.0 Å². The zero-order chi connectivity index (χ0) is 20.3. The Morgan fingerprint density at radius 2 is 1.96 bits per heavy atom. The molecular weight excluding hydrogens is 393 g/mol. The van der Waals surface area contributed by atoms with Gasteiger partial charge in [0.05, 0.1) is 21.8 Å². The van der Waals surface area contributed by atoms with Crippen LogP contribution in [0.2, 0.25) is 5.02 Å². The number of hydrogen-bond donors (Lipinski definition) is 1. The Hall–Kier alpha value is -2.79. The number of anilines is 2. The van der Waals surface area contributed by atoms with Crippen LogP contribution in [0.4, 0.5) is 24.7 Å². The molecular formula is C19H16ClF3N4O. The number of nitriles is 1. The summed E-state index contributed by atoms with van der Waals surface area (Å²) < 4.78 is 38.5. The van der Waals surface area contributed by atoms with Crippen LogP contribution in [-0.2, 0) is 11.0 Å². The van der Waals surface area contributed by atoms with Crippen molar-refractivity contribution in [2.45, 2.75) is 19.0 Å². The van der Waals surface area contributed by atoms with E-state index in [0.717, 1.165) is 12.1 Å². The number of carbonyl (C=O) groups is 1. The molecule has 9 heteroatoms. The molecule has 3 rings (SSSR count). The molecule has 146 valence electrons. The molecule has 1 N–H and O–H groups in total. The van der Waals surface area contributed by atoms with Crippen molar-refractivity contribution in [3.8, 4) is 6.07 Å². The van der Waals surface area contributed by atoms with Gasteiger partial charge in [0.1, 0.15) is 11.9 Å². The Kier molecular flexibility index (Phi) is 5.75. The summed E-state index contributed by atoms with van der Waals surface area (Å²) in [5.41, 5.74) is -0.422. The lowest BCUT2D eigenvalue weighted by Crippen LogP contribution is -2.38. The summed E-state index contributed by atoms with van der Waals surface area (Å²) in [7, 11) is 0. The van der Waals surface area contributed by atoms with Gasteiger partial charge in [0.2, 0.25) is 5.91 Å². The van der Waals surface area contributed by atoms with Crippen LogP contribution in [0.25, 0.3) is 0 Å². The summed E-state index contributed by atoms with van der Waals surface area (Å²) in [6.45, 7) is 0.929. The molecule has 0 bridgehead atoms. The van der Waals surface area contributed by atoms with Gasteiger partial charge in [-0.25, -0.2) is 4.98 Å². The SMILES string of the molecule is N#Cc1cc(C(F)(F)F)ccc1N1CCC(C(=O)Nc2ccc(Cl)cn2)CC1. The molecule has 0 atom stereocenters. The van der Waals surface area contributed by atoms with E-state index in [1.165, 1.54) is 12.3 Å². The molecule has 1 aromatic carbocycles. The van der Waals surface area contributed by atoms with E-state index in [2.05, 4.69) is 10.3 Å². The van der Waals surface area contributed by atoms with Crippen molar-refractivity contribution in [1.82, 2.24) is 4.98 Å². The molecule has 1 fully saturated rings. The summed E-state index contributed by atoms with van der Waals surface area (Å²) in [4.78, 5) is 18.3. The van der Waals surface area contributed by atoms with E-state index in [-0.39, 0.29) is 17.4 Å². The third-order valence-electron chi connectivity index (χ3n) is 4.63. The van der Waals surface area contributed by atoms with Crippen LogP contribution in [0.3, 0.4) is 0 Å². The Bertz CT molecular complexity index is 901. The topological polar surface area (TPSA) is 69.0 Å². The Morgan fingerprint density at radius 3 is 2.54 bits per heavy atom. The van der Waals surface area contributed by atoms with E-state index in [0.29, 0.717) is 42.5 Å². The van der Waals surface area contributed by atoms with E-state index in [9.17, 15) is 23.2 Å². The van der Waals surface area contributed by atoms with Crippen LogP contribution in [-0.4, -0.2) is 24.0 Å². The summed E-state index contributed by atoms with van der Waals surface area (Å²) >= 11 is 5.76. The van der Waals surface area contributed by atoms with Gasteiger partial charge in [0.15, 0.2) is 0 Å². The smallest absolute Gasteiger partial charge is 0.370 e. The fourth-order valence-electron chi connectivity index (χ4n) is 3.14. The number of alkyl halides is 3. The molecule has 1 amide bonds. The van der Waals surface area contributed by atoms with Crippen molar-refractivity contribution in [3.05, 3.63) is 52.7 Å². The minimum Gasteiger partial charge on any atom is -0.370 e. The quantitative estimate of drug-likeness (QED) is 0.813. The second-order valence-corrected chi connectivity index (χ2v) is 6.89. The zero-order valence-corrected chi connectivity index (χ0v) is 15.4. The second kappa shape index (κ2) is 8.07. The van der Waals surface area contributed by atoms with E-state index in [1.54, 1.807) is 12.1 Å². The van der Waals surface area contributed by atoms with Crippen molar-refractivity contribution in [3.63, 3.8) is 0 Å². The number of carbonyl (C=O) groups excluding carboxylic acids is 1. The van der Waals surface area contributed by atoms with E-state index in [1.807, 2.05) is 11.0 Å². The molecule has 1 saturated heterocycles. The minimum absolute atomic E-state index is 0.0249. The highest BCUT2D eigenvalue weighted by atomic mass is 35.5. The molecule has 0 aliphatic carbocycles. The number of pyridine rings is 1. The molecule has 2 aromatic rings. The average Bonchev–Trinajstić information content (AvgIpc) is 2.68. The summed E-state index contributed by atoms with van der Waals surface area (Å²) in [5, 5.41) is 12.4. The molecule has 1 aromatic heterocycles. The predicted molar refractivity (Wildman–Crippen MR) is 99.0 cm³/mol. The van der Waals surface area contributed by atoms with Gasteiger partial charge in [-0.2, -0.15) is 18.4 Å². The molecule has 0 spiro atoms. The highest BCUT2D eigenvalue weighted by Crippen LogP contribution is 2.34. The van der Waals surface area contributed by atoms with Gasteiger partial charge in [-0.05, 0) is 43.2 Å². The maximum absolute atomic E-state index is 12.8. The number of halogens is 4. The van der Waals surface area contributed by atoms with Gasteiger partial charge in [-0.15, -0.1) is 0 Å². The Balaban J connectivity index is 1.64. The van der Waals surface area contributed by atoms with Gasteiger partial charge >= 0.3 is 6.18 Å². The first-order chi connectivity index (χ1) is 13.3. The first kappa shape index (κ1) is 20.0. The van der Waals surface area contributed by atoms with Crippen molar-refractivity contribution < 1.29 is 18.0 Å². The number of benzene rings is 1. The number of amides is 1. The molecule has 0 saturated carbocycles. The first-order valence-electron chi connectivity index (χ1n) is 8.56. The predicted octanol–water partition coefficient (Wildman–Crippen LogP) is 4.48. The van der Waals surface area contributed by atoms with Gasteiger partial charge in [-0.3, -0.25) is 4.79 Å². The average molecular weight is 409 g/mol. The van der Waals surface area contributed by atoms with Gasteiger partial charge in [0.25, 0.3) is 0 Å². The lowest BCUT2D eigenvalue weighted by Gasteiger charge is -2.33. The summed E-state index contributed by atoms with van der Waals surface area (Å²) in [5.74, 6) is 0.00227. The van der Waals surface area contributed by atoms with Gasteiger partial charge in [-0.1, -0.05) is 11.6 Å². The van der Waals surface area contributed by atoms with Crippen molar-refractivity contribution in [1.29, 1.82) is 5.26 Å². The number of nitrogens with zero attached hydrogens (tertiary/aromatic N) is 3. The standard InChI is InChI=1S/C19H16ClF3N4O/c20-15-2-4-17(25-11-15)26-18(28)12-5-7-27(8-6-12)16-3-1-14(19(21,22)23)9-13(16)10-24/h1-4,9,11-12H,5-8H2,(H,25,26,28). The molecule has 0 radical (unpaired) electrons. The number of rotatable bonds is 3. The number of piperidine rings is 1. The van der Waals surface area contributed by atoms with Crippen LogP contribution in [0, 0.1) is 17.2 Å². The molecule has 1 aliphatic heterocycles. The van der Waals surface area contributed by atoms with E-state index < -0.39 is 11.7 Å². The van der Waals surface area contributed by atoms with Crippen LogP contribution in [0.15, 0.2) is 36.5 Å². The molecule has 5 nitrogen and oxygen atoms in total.